The molecule has 1 aromatic carbocycles. The first kappa shape index (κ1) is 12.8. The van der Waals surface area contributed by atoms with Crippen LogP contribution in [0.15, 0.2) is 34.2 Å². The van der Waals surface area contributed by atoms with E-state index in [0.717, 1.165) is 0 Å². The van der Waals surface area contributed by atoms with Crippen molar-refractivity contribution in [2.24, 2.45) is 4.99 Å². The fourth-order valence-corrected chi connectivity index (χ4v) is 3.26. The Balaban J connectivity index is 2.32. The van der Waals surface area contributed by atoms with Gasteiger partial charge in [0, 0.05) is 5.71 Å². The quantitative estimate of drug-likeness (QED) is 0.778. The van der Waals surface area contributed by atoms with Crippen molar-refractivity contribution in [3.8, 4) is 0 Å². The second-order valence-electron chi connectivity index (χ2n) is 3.89. The van der Waals surface area contributed by atoms with Crippen molar-refractivity contribution >= 4 is 27.2 Å². The van der Waals surface area contributed by atoms with Crippen molar-refractivity contribution in [1.82, 2.24) is 0 Å². The number of carbonyl (C=O) groups is 1. The molecule has 5 nitrogen and oxygen atoms in total. The maximum atomic E-state index is 12.0. The molecule has 1 aromatic rings. The lowest BCUT2D eigenvalue weighted by atomic mass is 10.2. The summed E-state index contributed by atoms with van der Waals surface area (Å²) in [5.41, 5.74) is 0.718. The highest BCUT2D eigenvalue weighted by Crippen LogP contribution is 2.29. The van der Waals surface area contributed by atoms with Crippen molar-refractivity contribution in [2.45, 2.75) is 18.2 Å². The molecule has 0 atom stereocenters. The van der Waals surface area contributed by atoms with E-state index in [2.05, 4.69) is 4.99 Å². The van der Waals surface area contributed by atoms with E-state index in [0.29, 0.717) is 11.4 Å². The number of nitrogens with zero attached hydrogens (tertiary/aromatic N) is 1. The minimum absolute atomic E-state index is 0.0819. The number of aliphatic imine (C=N–C) groups is 1. The molecule has 2 rings (SSSR count). The molecule has 96 valence electrons. The molecule has 0 saturated heterocycles. The zero-order valence-electron chi connectivity index (χ0n) is 9.92. The molecular formula is C12H13NO4S. The first-order chi connectivity index (χ1) is 8.53. The summed E-state index contributed by atoms with van der Waals surface area (Å²) in [6.07, 6.45) is -0.0819. The third kappa shape index (κ3) is 2.59. The predicted molar refractivity (Wildman–Crippen MR) is 66.8 cm³/mol. The van der Waals surface area contributed by atoms with E-state index in [1.54, 1.807) is 25.1 Å². The summed E-state index contributed by atoms with van der Waals surface area (Å²) in [6.45, 7) is 1.97. The molecule has 18 heavy (non-hydrogen) atoms. The van der Waals surface area contributed by atoms with Crippen LogP contribution in [0.1, 0.15) is 13.3 Å². The van der Waals surface area contributed by atoms with Gasteiger partial charge in [-0.1, -0.05) is 12.1 Å². The SMILES string of the molecule is CCOC(=O)CC1=Nc2ccccc2S(=O)(=O)C1. The maximum absolute atomic E-state index is 12.0. The summed E-state index contributed by atoms with van der Waals surface area (Å²) in [5, 5.41) is 0. The highest BCUT2D eigenvalue weighted by Gasteiger charge is 2.26. The molecule has 0 N–H and O–H groups in total. The number of hydrogen-bond donors (Lipinski definition) is 0. The van der Waals surface area contributed by atoms with Crippen molar-refractivity contribution < 1.29 is 17.9 Å². The zero-order valence-corrected chi connectivity index (χ0v) is 10.7. The molecular weight excluding hydrogens is 254 g/mol. The van der Waals surface area contributed by atoms with Crippen LogP contribution in [0.2, 0.25) is 0 Å². The van der Waals surface area contributed by atoms with E-state index in [1.807, 2.05) is 0 Å². The van der Waals surface area contributed by atoms with Gasteiger partial charge in [-0.2, -0.15) is 0 Å². The van der Waals surface area contributed by atoms with Crippen molar-refractivity contribution in [3.05, 3.63) is 24.3 Å². The van der Waals surface area contributed by atoms with Crippen LogP contribution in [-0.4, -0.2) is 32.5 Å². The van der Waals surface area contributed by atoms with Crippen molar-refractivity contribution in [3.63, 3.8) is 0 Å². The fraction of sp³-hybridized carbons (Fsp3) is 0.333. The first-order valence-corrected chi connectivity index (χ1v) is 7.22. The topological polar surface area (TPSA) is 72.8 Å². The molecule has 0 radical (unpaired) electrons. The number of fused-ring (bicyclic) bond motifs is 1. The predicted octanol–water partition coefficient (Wildman–Crippen LogP) is 1.50. The average molecular weight is 267 g/mol. The number of esters is 1. The first-order valence-electron chi connectivity index (χ1n) is 5.57. The molecule has 0 bridgehead atoms. The van der Waals surface area contributed by atoms with Crippen LogP contribution < -0.4 is 0 Å². The van der Waals surface area contributed by atoms with Gasteiger partial charge in [0.25, 0.3) is 0 Å². The van der Waals surface area contributed by atoms with Crippen LogP contribution in [-0.2, 0) is 19.4 Å². The van der Waals surface area contributed by atoms with E-state index in [1.165, 1.54) is 6.07 Å². The van der Waals surface area contributed by atoms with Gasteiger partial charge < -0.3 is 4.74 Å². The molecule has 0 unspecified atom stereocenters. The summed E-state index contributed by atoms with van der Waals surface area (Å²) in [6, 6.07) is 6.51. The van der Waals surface area contributed by atoms with Gasteiger partial charge in [-0.3, -0.25) is 9.79 Å². The van der Waals surface area contributed by atoms with E-state index in [4.69, 9.17) is 4.74 Å². The molecule has 1 aliphatic heterocycles. The summed E-state index contributed by atoms with van der Waals surface area (Å²) in [5.74, 6) is -0.672. The van der Waals surface area contributed by atoms with Crippen LogP contribution in [0.5, 0.6) is 0 Å². The van der Waals surface area contributed by atoms with Crippen LogP contribution in [0, 0.1) is 0 Å². The van der Waals surface area contributed by atoms with Gasteiger partial charge in [-0.05, 0) is 19.1 Å². The molecule has 0 fully saturated rings. The van der Waals surface area contributed by atoms with Gasteiger partial charge in [0.1, 0.15) is 0 Å². The van der Waals surface area contributed by atoms with Gasteiger partial charge in [-0.25, -0.2) is 8.42 Å². The minimum Gasteiger partial charge on any atom is -0.466 e. The minimum atomic E-state index is -3.39. The summed E-state index contributed by atoms with van der Waals surface area (Å²) >= 11 is 0. The van der Waals surface area contributed by atoms with E-state index >= 15 is 0 Å². The lowest BCUT2D eigenvalue weighted by Gasteiger charge is -2.15. The number of rotatable bonds is 3. The summed E-state index contributed by atoms with van der Waals surface area (Å²) in [4.78, 5) is 15.8. The molecule has 0 aliphatic carbocycles. The highest BCUT2D eigenvalue weighted by atomic mass is 32.2. The molecule has 0 spiro atoms. The number of sulfone groups is 1. The molecule has 0 aromatic heterocycles. The van der Waals surface area contributed by atoms with Gasteiger partial charge in [-0.15, -0.1) is 0 Å². The number of ether oxygens (including phenoxy) is 1. The standard InChI is InChI=1S/C12H13NO4S/c1-2-17-12(14)7-9-8-18(15,16)11-6-4-3-5-10(11)13-9/h3-6H,2,7-8H2,1H3. The van der Waals surface area contributed by atoms with Crippen LogP contribution in [0.4, 0.5) is 5.69 Å². The number of benzene rings is 1. The van der Waals surface area contributed by atoms with Crippen LogP contribution in [0.25, 0.3) is 0 Å². The Morgan fingerprint density at radius 3 is 2.83 bits per heavy atom. The maximum Gasteiger partial charge on any atom is 0.311 e. The molecule has 1 heterocycles. The number of carbonyl (C=O) groups excluding carboxylic acids is 1. The summed E-state index contributed by atoms with van der Waals surface area (Å²) < 4.78 is 28.8. The van der Waals surface area contributed by atoms with E-state index < -0.39 is 15.8 Å². The number of hydrogen-bond acceptors (Lipinski definition) is 5. The molecule has 0 amide bonds. The number of para-hydroxylation sites is 1. The molecule has 0 saturated carbocycles. The Labute approximate surface area is 105 Å². The van der Waals surface area contributed by atoms with Gasteiger partial charge >= 0.3 is 5.97 Å². The Bertz CT molecular complexity index is 604. The Morgan fingerprint density at radius 2 is 2.11 bits per heavy atom. The van der Waals surface area contributed by atoms with E-state index in [9.17, 15) is 13.2 Å². The van der Waals surface area contributed by atoms with Crippen LogP contribution in [0.3, 0.4) is 0 Å². The molecule has 6 heteroatoms. The Morgan fingerprint density at radius 1 is 1.39 bits per heavy atom. The second-order valence-corrected chi connectivity index (χ2v) is 5.84. The Hall–Kier alpha value is -1.69. The average Bonchev–Trinajstić information content (AvgIpc) is 2.28. The second kappa shape index (κ2) is 4.89. The smallest absolute Gasteiger partial charge is 0.311 e. The third-order valence-electron chi connectivity index (χ3n) is 2.49. The van der Waals surface area contributed by atoms with Crippen molar-refractivity contribution in [2.75, 3.05) is 12.4 Å². The molecule has 1 aliphatic rings. The van der Waals surface area contributed by atoms with Crippen molar-refractivity contribution in [1.29, 1.82) is 0 Å². The lowest BCUT2D eigenvalue weighted by molar-refractivity contribution is -0.141. The normalized spacial score (nSPS) is 16.6. The van der Waals surface area contributed by atoms with Gasteiger partial charge in [0.05, 0.1) is 29.4 Å². The van der Waals surface area contributed by atoms with Gasteiger partial charge in [0.2, 0.25) is 0 Å². The van der Waals surface area contributed by atoms with Crippen LogP contribution >= 0.6 is 0 Å². The monoisotopic (exact) mass is 267 g/mol. The van der Waals surface area contributed by atoms with E-state index in [-0.39, 0.29) is 23.7 Å². The lowest BCUT2D eigenvalue weighted by Crippen LogP contribution is -2.23. The third-order valence-corrected chi connectivity index (χ3v) is 4.22. The fourth-order valence-electron chi connectivity index (χ4n) is 1.78. The van der Waals surface area contributed by atoms with Gasteiger partial charge in [0.15, 0.2) is 9.84 Å². The zero-order chi connectivity index (χ0) is 13.2. The largest absolute Gasteiger partial charge is 0.466 e. The Kier molecular flexibility index (Phi) is 3.47. The highest BCUT2D eigenvalue weighted by molar-refractivity contribution is 7.92. The summed E-state index contributed by atoms with van der Waals surface area (Å²) in [7, 11) is -3.39.